The monoisotopic (exact) mass is 281 g/mol. The van der Waals surface area contributed by atoms with E-state index in [1.165, 1.54) is 6.07 Å². The van der Waals surface area contributed by atoms with Crippen molar-refractivity contribution in [3.8, 4) is 0 Å². The fraction of sp³-hybridized carbons (Fsp3) is 0.214. The van der Waals surface area contributed by atoms with Crippen LogP contribution < -0.4 is 10.6 Å². The maximum absolute atomic E-state index is 12.8. The van der Waals surface area contributed by atoms with Gasteiger partial charge in [0.2, 0.25) is 0 Å². The standard InChI is InChI=1S/C14H14F3N3/c1-20(9-10-4-2-3-7-19-10)11-5-6-13(18)12(8-11)14(15,16)17/h2-8H,9,18H2,1H3. The SMILES string of the molecule is CN(Cc1ccccn1)c1ccc(N)c(C(F)(F)F)c1. The molecule has 0 amide bonds. The Morgan fingerprint density at radius 3 is 2.55 bits per heavy atom. The average Bonchev–Trinajstić information content (AvgIpc) is 2.39. The molecule has 0 aliphatic carbocycles. The molecule has 1 aromatic carbocycles. The van der Waals surface area contributed by atoms with Crippen LogP contribution in [0.1, 0.15) is 11.3 Å². The van der Waals surface area contributed by atoms with Gasteiger partial charge >= 0.3 is 6.18 Å². The Balaban J connectivity index is 2.25. The normalized spacial score (nSPS) is 11.4. The number of hydrogen-bond donors (Lipinski definition) is 1. The van der Waals surface area contributed by atoms with Gasteiger partial charge in [-0.25, -0.2) is 0 Å². The van der Waals surface area contributed by atoms with Gasteiger partial charge in [0, 0.05) is 24.6 Å². The average molecular weight is 281 g/mol. The largest absolute Gasteiger partial charge is 0.418 e. The molecule has 1 heterocycles. The van der Waals surface area contributed by atoms with Gasteiger partial charge in [0.1, 0.15) is 0 Å². The predicted octanol–water partition coefficient (Wildman–Crippen LogP) is 3.32. The summed E-state index contributed by atoms with van der Waals surface area (Å²) < 4.78 is 38.4. The van der Waals surface area contributed by atoms with E-state index in [9.17, 15) is 13.2 Å². The van der Waals surface area contributed by atoms with Gasteiger partial charge in [0.25, 0.3) is 0 Å². The lowest BCUT2D eigenvalue weighted by Gasteiger charge is -2.21. The molecule has 0 atom stereocenters. The van der Waals surface area contributed by atoms with Gasteiger partial charge in [-0.05, 0) is 30.3 Å². The lowest BCUT2D eigenvalue weighted by molar-refractivity contribution is -0.136. The van der Waals surface area contributed by atoms with Crippen LogP contribution in [0.15, 0.2) is 42.6 Å². The van der Waals surface area contributed by atoms with E-state index < -0.39 is 11.7 Å². The maximum atomic E-state index is 12.8. The number of hydrogen-bond acceptors (Lipinski definition) is 3. The van der Waals surface area contributed by atoms with Crippen LogP contribution in [0.4, 0.5) is 24.5 Å². The highest BCUT2D eigenvalue weighted by Crippen LogP contribution is 2.35. The first kappa shape index (κ1) is 14.2. The number of aromatic nitrogens is 1. The zero-order valence-electron chi connectivity index (χ0n) is 10.9. The van der Waals surface area contributed by atoms with Gasteiger partial charge in [-0.1, -0.05) is 6.07 Å². The van der Waals surface area contributed by atoms with Crippen molar-refractivity contribution in [3.05, 3.63) is 53.9 Å². The van der Waals surface area contributed by atoms with Crippen LogP contribution in [0.5, 0.6) is 0 Å². The number of anilines is 2. The zero-order valence-corrected chi connectivity index (χ0v) is 10.9. The van der Waals surface area contributed by atoms with Gasteiger partial charge in [-0.15, -0.1) is 0 Å². The van der Waals surface area contributed by atoms with Gasteiger partial charge < -0.3 is 10.6 Å². The van der Waals surface area contributed by atoms with E-state index >= 15 is 0 Å². The van der Waals surface area contributed by atoms with Crippen molar-refractivity contribution in [2.45, 2.75) is 12.7 Å². The number of nitrogen functional groups attached to an aromatic ring is 1. The van der Waals surface area contributed by atoms with Crippen molar-refractivity contribution >= 4 is 11.4 Å². The lowest BCUT2D eigenvalue weighted by atomic mass is 10.1. The summed E-state index contributed by atoms with van der Waals surface area (Å²) >= 11 is 0. The molecule has 0 fully saturated rings. The predicted molar refractivity (Wildman–Crippen MR) is 72.2 cm³/mol. The van der Waals surface area contributed by atoms with Gasteiger partial charge in [0.05, 0.1) is 17.8 Å². The van der Waals surface area contributed by atoms with Crippen LogP contribution in [0, 0.1) is 0 Å². The van der Waals surface area contributed by atoms with Crippen molar-refractivity contribution in [2.75, 3.05) is 17.7 Å². The topological polar surface area (TPSA) is 42.2 Å². The lowest BCUT2D eigenvalue weighted by Crippen LogP contribution is -2.18. The molecule has 0 spiro atoms. The molecule has 0 saturated heterocycles. The Labute approximate surface area is 114 Å². The highest BCUT2D eigenvalue weighted by atomic mass is 19.4. The van der Waals surface area contributed by atoms with Gasteiger partial charge in [0.15, 0.2) is 0 Å². The molecule has 0 bridgehead atoms. The van der Waals surface area contributed by atoms with Crippen LogP contribution in [0.3, 0.4) is 0 Å². The number of alkyl halides is 3. The highest BCUT2D eigenvalue weighted by Gasteiger charge is 2.33. The summed E-state index contributed by atoms with van der Waals surface area (Å²) in [6.07, 6.45) is -2.81. The fourth-order valence-corrected chi connectivity index (χ4v) is 1.85. The van der Waals surface area contributed by atoms with Gasteiger partial charge in [-0.3, -0.25) is 4.98 Å². The quantitative estimate of drug-likeness (QED) is 0.878. The van der Waals surface area contributed by atoms with E-state index in [2.05, 4.69) is 4.98 Å². The van der Waals surface area contributed by atoms with E-state index in [0.717, 1.165) is 11.8 Å². The first-order chi connectivity index (χ1) is 9.38. The molecule has 0 radical (unpaired) electrons. The fourth-order valence-electron chi connectivity index (χ4n) is 1.85. The Kier molecular flexibility index (Phi) is 3.83. The van der Waals surface area contributed by atoms with Crippen LogP contribution in [0.25, 0.3) is 0 Å². The van der Waals surface area contributed by atoms with Crippen LogP contribution in [-0.2, 0) is 12.7 Å². The molecule has 20 heavy (non-hydrogen) atoms. The number of rotatable bonds is 3. The molecular formula is C14H14F3N3. The molecule has 0 aliphatic heterocycles. The molecule has 6 heteroatoms. The second-order valence-corrected chi connectivity index (χ2v) is 4.45. The second kappa shape index (κ2) is 5.40. The summed E-state index contributed by atoms with van der Waals surface area (Å²) in [6.45, 7) is 0.419. The van der Waals surface area contributed by atoms with E-state index in [4.69, 9.17) is 5.73 Å². The molecule has 0 aliphatic rings. The first-order valence-corrected chi connectivity index (χ1v) is 5.95. The summed E-state index contributed by atoms with van der Waals surface area (Å²) in [5.41, 5.74) is 5.51. The van der Waals surface area contributed by atoms with Crippen LogP contribution in [0.2, 0.25) is 0 Å². The molecule has 2 rings (SSSR count). The summed E-state index contributed by atoms with van der Waals surface area (Å²) in [6, 6.07) is 9.33. The minimum absolute atomic E-state index is 0.271. The third kappa shape index (κ3) is 3.20. The third-order valence-electron chi connectivity index (χ3n) is 2.91. The number of nitrogens with zero attached hydrogens (tertiary/aromatic N) is 2. The van der Waals surface area contributed by atoms with E-state index in [1.54, 1.807) is 30.3 Å². The third-order valence-corrected chi connectivity index (χ3v) is 2.91. The molecule has 0 saturated carbocycles. The number of pyridine rings is 1. The van der Waals surface area contributed by atoms with Gasteiger partial charge in [-0.2, -0.15) is 13.2 Å². The Bertz CT molecular complexity index is 582. The molecule has 2 N–H and O–H groups in total. The van der Waals surface area contributed by atoms with Crippen LogP contribution >= 0.6 is 0 Å². The highest BCUT2D eigenvalue weighted by molar-refractivity contribution is 5.59. The molecule has 2 aromatic rings. The number of benzene rings is 1. The van der Waals surface area contributed by atoms with Crippen LogP contribution in [-0.4, -0.2) is 12.0 Å². The number of halogens is 3. The molecule has 1 aromatic heterocycles. The zero-order chi connectivity index (χ0) is 14.8. The Hall–Kier alpha value is -2.24. The second-order valence-electron chi connectivity index (χ2n) is 4.45. The van der Waals surface area contributed by atoms with Crippen molar-refractivity contribution in [3.63, 3.8) is 0 Å². The van der Waals surface area contributed by atoms with E-state index in [1.807, 2.05) is 12.1 Å². The summed E-state index contributed by atoms with van der Waals surface area (Å²) in [5, 5.41) is 0. The van der Waals surface area contributed by atoms with Crippen molar-refractivity contribution in [2.24, 2.45) is 0 Å². The number of nitrogens with two attached hydrogens (primary N) is 1. The summed E-state index contributed by atoms with van der Waals surface area (Å²) in [5.74, 6) is 0. The molecular weight excluding hydrogens is 267 g/mol. The molecule has 0 unspecified atom stereocenters. The van der Waals surface area contributed by atoms with Crippen molar-refractivity contribution in [1.82, 2.24) is 4.98 Å². The molecule has 106 valence electrons. The smallest absolute Gasteiger partial charge is 0.398 e. The van der Waals surface area contributed by atoms with Crippen molar-refractivity contribution < 1.29 is 13.2 Å². The van der Waals surface area contributed by atoms with E-state index in [0.29, 0.717) is 12.2 Å². The van der Waals surface area contributed by atoms with E-state index in [-0.39, 0.29) is 5.69 Å². The maximum Gasteiger partial charge on any atom is 0.418 e. The summed E-state index contributed by atoms with van der Waals surface area (Å²) in [4.78, 5) is 5.84. The minimum atomic E-state index is -4.45. The summed E-state index contributed by atoms with van der Waals surface area (Å²) in [7, 11) is 1.71. The minimum Gasteiger partial charge on any atom is -0.398 e. The Morgan fingerprint density at radius 1 is 1.20 bits per heavy atom. The first-order valence-electron chi connectivity index (χ1n) is 5.95. The van der Waals surface area contributed by atoms with Crippen molar-refractivity contribution in [1.29, 1.82) is 0 Å². The Morgan fingerprint density at radius 2 is 1.95 bits per heavy atom. The molecule has 3 nitrogen and oxygen atoms in total.